The Morgan fingerprint density at radius 1 is 1.32 bits per heavy atom. The molecule has 0 saturated carbocycles. The fourth-order valence-electron chi connectivity index (χ4n) is 3.10. The molecule has 3 nitrogen and oxygen atoms in total. The summed E-state index contributed by atoms with van der Waals surface area (Å²) in [5.41, 5.74) is 2.63. The number of nitrogens with one attached hydrogen (secondary N) is 1. The summed E-state index contributed by atoms with van der Waals surface area (Å²) in [6.45, 7) is 7.81. The Balaban J connectivity index is 1.54. The first-order valence-corrected chi connectivity index (χ1v) is 7.57. The average Bonchev–Trinajstić information content (AvgIpc) is 2.94. The van der Waals surface area contributed by atoms with Crippen LogP contribution >= 0.6 is 0 Å². The number of piperidine rings is 1. The largest absolute Gasteiger partial charge is 0.491 e. The normalized spacial score (nSPS) is 20.1. The van der Waals surface area contributed by atoms with Crippen molar-refractivity contribution >= 4 is 5.69 Å². The van der Waals surface area contributed by atoms with Crippen LogP contribution in [0, 0.1) is 5.92 Å². The lowest BCUT2D eigenvalue weighted by Crippen LogP contribution is -2.35. The molecule has 0 aliphatic carbocycles. The second-order valence-electron chi connectivity index (χ2n) is 5.66. The molecular formula is C16H24N2O. The maximum atomic E-state index is 6.08. The monoisotopic (exact) mass is 260 g/mol. The molecule has 2 aliphatic rings. The summed E-state index contributed by atoms with van der Waals surface area (Å²) in [5.74, 6) is 1.77. The van der Waals surface area contributed by atoms with E-state index in [4.69, 9.17) is 4.74 Å². The molecule has 1 N–H and O–H groups in total. The molecule has 1 saturated heterocycles. The van der Waals surface area contributed by atoms with Gasteiger partial charge in [0.15, 0.2) is 0 Å². The molecule has 0 spiro atoms. The van der Waals surface area contributed by atoms with E-state index in [-0.39, 0.29) is 0 Å². The number of likely N-dealkylation sites (tertiary alicyclic amines) is 1. The lowest BCUT2D eigenvalue weighted by Gasteiger charge is -2.30. The lowest BCUT2D eigenvalue weighted by atomic mass is 9.98. The Morgan fingerprint density at radius 3 is 2.95 bits per heavy atom. The fraction of sp³-hybridized carbons (Fsp3) is 0.625. The van der Waals surface area contributed by atoms with Crippen LogP contribution < -0.4 is 10.1 Å². The fourth-order valence-corrected chi connectivity index (χ4v) is 3.10. The SMILES string of the molecule is CCN1CCC(COc2cccc3c2NCC3)CC1. The summed E-state index contributed by atoms with van der Waals surface area (Å²) in [6.07, 6.45) is 3.67. The van der Waals surface area contributed by atoms with E-state index in [2.05, 4.69) is 35.3 Å². The Labute approximate surface area is 115 Å². The molecule has 19 heavy (non-hydrogen) atoms. The van der Waals surface area contributed by atoms with E-state index in [0.29, 0.717) is 0 Å². The molecule has 2 heterocycles. The van der Waals surface area contributed by atoms with Crippen LogP contribution in [-0.2, 0) is 6.42 Å². The van der Waals surface area contributed by atoms with Crippen molar-refractivity contribution in [2.75, 3.05) is 38.1 Å². The highest BCUT2D eigenvalue weighted by atomic mass is 16.5. The highest BCUT2D eigenvalue weighted by molar-refractivity contribution is 5.65. The zero-order valence-electron chi connectivity index (χ0n) is 11.8. The third kappa shape index (κ3) is 2.86. The number of para-hydroxylation sites is 1. The predicted octanol–water partition coefficient (Wildman–Crippen LogP) is 2.77. The zero-order chi connectivity index (χ0) is 13.1. The minimum Gasteiger partial charge on any atom is -0.491 e. The molecule has 1 aromatic carbocycles. The van der Waals surface area contributed by atoms with Gasteiger partial charge in [-0.1, -0.05) is 19.1 Å². The van der Waals surface area contributed by atoms with Gasteiger partial charge in [-0.25, -0.2) is 0 Å². The van der Waals surface area contributed by atoms with E-state index in [1.807, 2.05) is 0 Å². The van der Waals surface area contributed by atoms with Crippen molar-refractivity contribution in [2.45, 2.75) is 26.2 Å². The minimum absolute atomic E-state index is 0.722. The molecule has 2 aliphatic heterocycles. The number of nitrogens with zero attached hydrogens (tertiary/aromatic N) is 1. The zero-order valence-corrected chi connectivity index (χ0v) is 11.8. The summed E-state index contributed by atoms with van der Waals surface area (Å²) >= 11 is 0. The molecule has 3 heteroatoms. The first-order valence-electron chi connectivity index (χ1n) is 7.57. The van der Waals surface area contributed by atoms with E-state index in [9.17, 15) is 0 Å². The van der Waals surface area contributed by atoms with Gasteiger partial charge in [0, 0.05) is 6.54 Å². The average molecular weight is 260 g/mol. The van der Waals surface area contributed by atoms with Crippen molar-refractivity contribution in [2.24, 2.45) is 5.92 Å². The molecular weight excluding hydrogens is 236 g/mol. The molecule has 3 rings (SSSR count). The van der Waals surface area contributed by atoms with E-state index < -0.39 is 0 Å². The third-order valence-electron chi connectivity index (χ3n) is 4.44. The van der Waals surface area contributed by atoms with Gasteiger partial charge < -0.3 is 15.0 Å². The number of ether oxygens (including phenoxy) is 1. The molecule has 0 amide bonds. The van der Waals surface area contributed by atoms with Gasteiger partial charge in [-0.05, 0) is 56.4 Å². The Kier molecular flexibility index (Phi) is 3.92. The summed E-state index contributed by atoms with van der Waals surface area (Å²) in [7, 11) is 0. The van der Waals surface area contributed by atoms with Crippen LogP contribution in [0.5, 0.6) is 5.75 Å². The van der Waals surface area contributed by atoms with Crippen LogP contribution in [-0.4, -0.2) is 37.7 Å². The summed E-state index contributed by atoms with van der Waals surface area (Å²) in [6, 6.07) is 6.40. The Bertz CT molecular complexity index is 425. The van der Waals surface area contributed by atoms with Crippen LogP contribution in [0.3, 0.4) is 0 Å². The van der Waals surface area contributed by atoms with E-state index in [1.165, 1.54) is 43.7 Å². The molecule has 0 aromatic heterocycles. The van der Waals surface area contributed by atoms with Crippen molar-refractivity contribution in [3.8, 4) is 5.75 Å². The van der Waals surface area contributed by atoms with Gasteiger partial charge in [0.1, 0.15) is 5.75 Å². The summed E-state index contributed by atoms with van der Waals surface area (Å²) in [4.78, 5) is 2.53. The van der Waals surface area contributed by atoms with Gasteiger partial charge in [0.2, 0.25) is 0 Å². The van der Waals surface area contributed by atoms with Gasteiger partial charge >= 0.3 is 0 Å². The van der Waals surface area contributed by atoms with Gasteiger partial charge in [-0.2, -0.15) is 0 Å². The van der Waals surface area contributed by atoms with Crippen LogP contribution in [0.1, 0.15) is 25.3 Å². The molecule has 1 fully saturated rings. The summed E-state index contributed by atoms with van der Waals surface area (Å²) < 4.78 is 6.08. The van der Waals surface area contributed by atoms with Crippen LogP contribution in [0.4, 0.5) is 5.69 Å². The number of hydrogen-bond donors (Lipinski definition) is 1. The van der Waals surface area contributed by atoms with Crippen LogP contribution in [0.15, 0.2) is 18.2 Å². The second kappa shape index (κ2) is 5.83. The highest BCUT2D eigenvalue weighted by Gasteiger charge is 2.20. The number of hydrogen-bond acceptors (Lipinski definition) is 3. The van der Waals surface area contributed by atoms with Crippen LogP contribution in [0.25, 0.3) is 0 Å². The van der Waals surface area contributed by atoms with Crippen molar-refractivity contribution in [3.05, 3.63) is 23.8 Å². The van der Waals surface area contributed by atoms with E-state index in [1.54, 1.807) is 0 Å². The molecule has 0 atom stereocenters. The smallest absolute Gasteiger partial charge is 0.142 e. The molecule has 0 radical (unpaired) electrons. The first kappa shape index (κ1) is 12.8. The van der Waals surface area contributed by atoms with E-state index in [0.717, 1.165) is 31.2 Å². The Hall–Kier alpha value is -1.22. The topological polar surface area (TPSA) is 24.5 Å². The highest BCUT2D eigenvalue weighted by Crippen LogP contribution is 2.33. The molecule has 1 aromatic rings. The second-order valence-corrected chi connectivity index (χ2v) is 5.66. The molecule has 0 unspecified atom stereocenters. The third-order valence-corrected chi connectivity index (χ3v) is 4.44. The quantitative estimate of drug-likeness (QED) is 0.901. The lowest BCUT2D eigenvalue weighted by molar-refractivity contribution is 0.146. The first-order chi connectivity index (χ1) is 9.36. The van der Waals surface area contributed by atoms with Crippen molar-refractivity contribution in [1.82, 2.24) is 4.90 Å². The molecule has 104 valence electrons. The number of benzene rings is 1. The molecule has 0 bridgehead atoms. The maximum Gasteiger partial charge on any atom is 0.142 e. The van der Waals surface area contributed by atoms with Gasteiger partial charge in [0.05, 0.1) is 12.3 Å². The van der Waals surface area contributed by atoms with Gasteiger partial charge in [-0.3, -0.25) is 0 Å². The van der Waals surface area contributed by atoms with Crippen molar-refractivity contribution in [3.63, 3.8) is 0 Å². The Morgan fingerprint density at radius 2 is 2.16 bits per heavy atom. The van der Waals surface area contributed by atoms with Crippen molar-refractivity contribution in [1.29, 1.82) is 0 Å². The number of fused-ring (bicyclic) bond motifs is 1. The standard InChI is InChI=1S/C16H24N2O/c1-2-18-10-7-13(8-11-18)12-19-15-5-3-4-14-6-9-17-16(14)15/h3-5,13,17H,2,6-12H2,1H3. The van der Waals surface area contributed by atoms with Gasteiger partial charge in [-0.15, -0.1) is 0 Å². The van der Waals surface area contributed by atoms with Crippen molar-refractivity contribution < 1.29 is 4.74 Å². The van der Waals surface area contributed by atoms with E-state index >= 15 is 0 Å². The maximum absolute atomic E-state index is 6.08. The van der Waals surface area contributed by atoms with Crippen LogP contribution in [0.2, 0.25) is 0 Å². The number of anilines is 1. The predicted molar refractivity (Wildman–Crippen MR) is 79.0 cm³/mol. The van der Waals surface area contributed by atoms with Gasteiger partial charge in [0.25, 0.3) is 0 Å². The summed E-state index contributed by atoms with van der Waals surface area (Å²) in [5, 5.41) is 3.44. The minimum atomic E-state index is 0.722. The number of rotatable bonds is 4.